The monoisotopic (exact) mass is 362 g/mol. The van der Waals surface area contributed by atoms with Crippen LogP contribution >= 0.6 is 0 Å². The van der Waals surface area contributed by atoms with Gasteiger partial charge in [0.25, 0.3) is 0 Å². The molecule has 0 bridgehead atoms. The largest absolute Gasteiger partial charge is 0.340 e. The fraction of sp³-hybridized carbons (Fsp3) is 0.273. The molecular formula is C22H23FN4. The average molecular weight is 362 g/mol. The number of anilines is 3. The van der Waals surface area contributed by atoms with Gasteiger partial charge in [0.2, 0.25) is 5.95 Å². The van der Waals surface area contributed by atoms with Gasteiger partial charge in [-0.25, -0.2) is 9.37 Å². The zero-order valence-corrected chi connectivity index (χ0v) is 15.9. The lowest BCUT2D eigenvalue weighted by atomic mass is 10.0. The summed E-state index contributed by atoms with van der Waals surface area (Å²) in [4.78, 5) is 11.7. The van der Waals surface area contributed by atoms with E-state index in [4.69, 9.17) is 9.97 Å². The number of halogens is 1. The Bertz CT molecular complexity index is 1000. The van der Waals surface area contributed by atoms with Crippen LogP contribution in [-0.4, -0.2) is 16.5 Å². The van der Waals surface area contributed by atoms with E-state index in [-0.39, 0.29) is 5.82 Å². The smallest absolute Gasteiger partial charge is 0.227 e. The van der Waals surface area contributed by atoms with E-state index in [9.17, 15) is 4.39 Å². The van der Waals surface area contributed by atoms with Gasteiger partial charge in [0.15, 0.2) is 0 Å². The third-order valence-corrected chi connectivity index (χ3v) is 5.23. The minimum Gasteiger partial charge on any atom is -0.340 e. The summed E-state index contributed by atoms with van der Waals surface area (Å²) in [7, 11) is 0. The fourth-order valence-corrected chi connectivity index (χ4v) is 3.44. The Hall–Kier alpha value is -2.95. The highest BCUT2D eigenvalue weighted by Crippen LogP contribution is 2.28. The number of aryl methyl sites for hydroxylation is 2. The van der Waals surface area contributed by atoms with Crippen molar-refractivity contribution in [1.29, 1.82) is 0 Å². The summed E-state index contributed by atoms with van der Waals surface area (Å²) in [5, 5.41) is 3.36. The first kappa shape index (κ1) is 17.5. The van der Waals surface area contributed by atoms with Crippen molar-refractivity contribution in [3.63, 3.8) is 0 Å². The van der Waals surface area contributed by atoms with Crippen molar-refractivity contribution >= 4 is 17.5 Å². The van der Waals surface area contributed by atoms with Gasteiger partial charge in [-0.15, -0.1) is 0 Å². The molecular weight excluding hydrogens is 339 g/mol. The molecule has 0 spiro atoms. The maximum absolute atomic E-state index is 13.4. The lowest BCUT2D eigenvalue weighted by Gasteiger charge is -2.29. The second-order valence-corrected chi connectivity index (χ2v) is 7.11. The maximum Gasteiger partial charge on any atom is 0.227 e. The van der Waals surface area contributed by atoms with Crippen molar-refractivity contribution in [3.05, 3.63) is 76.2 Å². The molecule has 0 radical (unpaired) electrons. The molecule has 5 heteroatoms. The second-order valence-electron chi connectivity index (χ2n) is 7.11. The van der Waals surface area contributed by atoms with E-state index in [0.29, 0.717) is 0 Å². The summed E-state index contributed by atoms with van der Waals surface area (Å²) < 4.78 is 13.4. The van der Waals surface area contributed by atoms with E-state index < -0.39 is 0 Å². The van der Waals surface area contributed by atoms with E-state index in [1.54, 1.807) is 6.07 Å². The molecule has 3 aromatic rings. The molecule has 1 aliphatic heterocycles. The molecule has 27 heavy (non-hydrogen) atoms. The van der Waals surface area contributed by atoms with Crippen LogP contribution < -0.4 is 10.2 Å². The van der Waals surface area contributed by atoms with Gasteiger partial charge in [-0.1, -0.05) is 24.3 Å². The molecule has 2 aromatic carbocycles. The summed E-state index contributed by atoms with van der Waals surface area (Å²) >= 11 is 0. The molecule has 2 heterocycles. The topological polar surface area (TPSA) is 41.1 Å². The average Bonchev–Trinajstić information content (AvgIpc) is 2.67. The Morgan fingerprint density at radius 2 is 1.78 bits per heavy atom. The van der Waals surface area contributed by atoms with E-state index in [2.05, 4.69) is 34.5 Å². The molecule has 0 atom stereocenters. The number of nitrogens with zero attached hydrogens (tertiary/aromatic N) is 3. The minimum absolute atomic E-state index is 0.235. The highest BCUT2D eigenvalue weighted by Gasteiger charge is 2.20. The molecule has 4 nitrogen and oxygen atoms in total. The molecule has 0 fully saturated rings. The van der Waals surface area contributed by atoms with Crippen molar-refractivity contribution in [2.45, 2.75) is 33.7 Å². The molecule has 0 saturated heterocycles. The number of nitrogens with one attached hydrogen (secondary N) is 1. The van der Waals surface area contributed by atoms with Gasteiger partial charge < -0.3 is 10.2 Å². The molecule has 0 amide bonds. The van der Waals surface area contributed by atoms with Gasteiger partial charge in [0.05, 0.1) is 0 Å². The summed E-state index contributed by atoms with van der Waals surface area (Å²) in [6.45, 7) is 7.60. The van der Waals surface area contributed by atoms with E-state index >= 15 is 0 Å². The first-order valence-electron chi connectivity index (χ1n) is 9.21. The van der Waals surface area contributed by atoms with Gasteiger partial charge in [-0.2, -0.15) is 4.98 Å². The van der Waals surface area contributed by atoms with Gasteiger partial charge in [-0.05, 0) is 62.1 Å². The van der Waals surface area contributed by atoms with E-state index in [1.165, 1.54) is 23.3 Å². The predicted molar refractivity (Wildman–Crippen MR) is 107 cm³/mol. The quantitative estimate of drug-likeness (QED) is 0.723. The number of rotatable bonds is 3. The van der Waals surface area contributed by atoms with Gasteiger partial charge >= 0.3 is 0 Å². The standard InChI is InChI=1S/C22H23FN4/c1-14-12-19(23)8-9-20(14)25-21-15(2)16(3)24-22(26-21)27-11-10-17-6-4-5-7-18(17)13-27/h4-9,12H,10-11,13H2,1-3H3,(H,24,25,26). The Balaban J connectivity index is 1.66. The Labute approximate surface area is 159 Å². The van der Waals surface area contributed by atoms with E-state index in [0.717, 1.165) is 53.8 Å². The lowest BCUT2D eigenvalue weighted by Crippen LogP contribution is -2.32. The number of hydrogen-bond donors (Lipinski definition) is 1. The third-order valence-electron chi connectivity index (χ3n) is 5.23. The number of benzene rings is 2. The Morgan fingerprint density at radius 3 is 2.56 bits per heavy atom. The molecule has 0 unspecified atom stereocenters. The normalized spacial score (nSPS) is 13.4. The van der Waals surface area contributed by atoms with Gasteiger partial charge in [0, 0.05) is 30.0 Å². The van der Waals surface area contributed by atoms with Crippen LogP contribution in [0.5, 0.6) is 0 Å². The number of fused-ring (bicyclic) bond motifs is 1. The SMILES string of the molecule is Cc1cc(F)ccc1Nc1nc(N2CCc3ccccc3C2)nc(C)c1C. The Morgan fingerprint density at radius 1 is 1.00 bits per heavy atom. The molecule has 1 aliphatic rings. The predicted octanol–water partition coefficient (Wildman–Crippen LogP) is 4.85. The van der Waals surface area contributed by atoms with Gasteiger partial charge in [-0.3, -0.25) is 0 Å². The van der Waals surface area contributed by atoms with Crippen molar-refractivity contribution in [2.24, 2.45) is 0 Å². The molecule has 1 aromatic heterocycles. The van der Waals surface area contributed by atoms with Crippen LogP contribution in [0, 0.1) is 26.6 Å². The summed E-state index contributed by atoms with van der Waals surface area (Å²) in [6.07, 6.45) is 0.992. The zero-order valence-electron chi connectivity index (χ0n) is 15.9. The minimum atomic E-state index is -0.235. The van der Waals surface area contributed by atoms with Crippen molar-refractivity contribution < 1.29 is 4.39 Å². The fourth-order valence-electron chi connectivity index (χ4n) is 3.44. The van der Waals surface area contributed by atoms with Crippen molar-refractivity contribution in [3.8, 4) is 0 Å². The highest BCUT2D eigenvalue weighted by molar-refractivity contribution is 5.64. The maximum atomic E-state index is 13.4. The molecule has 4 rings (SSSR count). The summed E-state index contributed by atoms with van der Waals surface area (Å²) in [5.41, 5.74) is 6.37. The summed E-state index contributed by atoms with van der Waals surface area (Å²) in [5.74, 6) is 1.27. The van der Waals surface area contributed by atoms with Crippen molar-refractivity contribution in [2.75, 3.05) is 16.8 Å². The Kier molecular flexibility index (Phi) is 4.52. The number of hydrogen-bond acceptors (Lipinski definition) is 4. The van der Waals surface area contributed by atoms with Crippen LogP contribution in [0.4, 0.5) is 21.8 Å². The first-order chi connectivity index (χ1) is 13.0. The van der Waals surface area contributed by atoms with Crippen LogP contribution in [0.3, 0.4) is 0 Å². The molecule has 1 N–H and O–H groups in total. The molecule has 138 valence electrons. The van der Waals surface area contributed by atoms with Gasteiger partial charge in [0.1, 0.15) is 11.6 Å². The van der Waals surface area contributed by atoms with Crippen LogP contribution in [-0.2, 0) is 13.0 Å². The zero-order chi connectivity index (χ0) is 19.0. The highest BCUT2D eigenvalue weighted by atomic mass is 19.1. The first-order valence-corrected chi connectivity index (χ1v) is 9.21. The van der Waals surface area contributed by atoms with Crippen LogP contribution in [0.15, 0.2) is 42.5 Å². The van der Waals surface area contributed by atoms with Crippen LogP contribution in [0.25, 0.3) is 0 Å². The second kappa shape index (κ2) is 6.99. The van der Waals surface area contributed by atoms with E-state index in [1.807, 2.05) is 20.8 Å². The third kappa shape index (κ3) is 3.50. The molecule has 0 saturated carbocycles. The summed E-state index contributed by atoms with van der Waals surface area (Å²) in [6, 6.07) is 13.3. The van der Waals surface area contributed by atoms with Crippen molar-refractivity contribution in [1.82, 2.24) is 9.97 Å². The van der Waals surface area contributed by atoms with Crippen LogP contribution in [0.1, 0.15) is 27.9 Å². The lowest BCUT2D eigenvalue weighted by molar-refractivity contribution is 0.627. The molecule has 0 aliphatic carbocycles. The number of aromatic nitrogens is 2. The van der Waals surface area contributed by atoms with Crippen LogP contribution in [0.2, 0.25) is 0 Å².